The Hall–Kier alpha value is -1.55. The quantitative estimate of drug-likeness (QED) is 0.827. The minimum atomic E-state index is 0.783. The van der Waals surface area contributed by atoms with Crippen LogP contribution in [-0.2, 0) is 6.42 Å². The third kappa shape index (κ3) is 2.02. The molecule has 0 radical (unpaired) electrons. The number of nitrogens with one attached hydrogen (secondary N) is 1. The van der Waals surface area contributed by atoms with E-state index >= 15 is 0 Å². The standard InChI is InChI=1S/C12H14N2OS/c1-3-9-7-12(16)14(13-9)10-5-4-6-11(8-10)15-2/h4-8,13H,3H2,1-2H3. The van der Waals surface area contributed by atoms with Gasteiger partial charge in [-0.3, -0.25) is 5.10 Å². The van der Waals surface area contributed by atoms with Crippen molar-refractivity contribution in [3.63, 3.8) is 0 Å². The molecule has 84 valence electrons. The van der Waals surface area contributed by atoms with Gasteiger partial charge >= 0.3 is 0 Å². The van der Waals surface area contributed by atoms with Gasteiger partial charge in [0.1, 0.15) is 10.4 Å². The van der Waals surface area contributed by atoms with Crippen molar-refractivity contribution in [3.05, 3.63) is 40.7 Å². The van der Waals surface area contributed by atoms with Crippen molar-refractivity contribution in [3.8, 4) is 11.4 Å². The second-order valence-corrected chi connectivity index (χ2v) is 3.93. The molecule has 0 aliphatic rings. The van der Waals surface area contributed by atoms with E-state index in [4.69, 9.17) is 17.0 Å². The second kappa shape index (κ2) is 4.53. The van der Waals surface area contributed by atoms with Crippen LogP contribution in [0.5, 0.6) is 5.75 Å². The summed E-state index contributed by atoms with van der Waals surface area (Å²) < 4.78 is 7.86. The van der Waals surface area contributed by atoms with E-state index in [-0.39, 0.29) is 0 Å². The highest BCUT2D eigenvalue weighted by molar-refractivity contribution is 7.71. The van der Waals surface area contributed by atoms with Gasteiger partial charge in [0.25, 0.3) is 0 Å². The van der Waals surface area contributed by atoms with Crippen molar-refractivity contribution >= 4 is 12.2 Å². The Morgan fingerprint density at radius 3 is 2.81 bits per heavy atom. The number of nitrogens with zero attached hydrogens (tertiary/aromatic N) is 1. The number of ether oxygens (including phenoxy) is 1. The lowest BCUT2D eigenvalue weighted by Crippen LogP contribution is -1.97. The predicted octanol–water partition coefficient (Wildman–Crippen LogP) is 3.11. The Bertz CT molecular complexity index is 542. The third-order valence-electron chi connectivity index (χ3n) is 2.47. The van der Waals surface area contributed by atoms with Crippen LogP contribution < -0.4 is 4.74 Å². The van der Waals surface area contributed by atoms with Gasteiger partial charge in [-0.2, -0.15) is 0 Å². The van der Waals surface area contributed by atoms with Gasteiger partial charge in [0.15, 0.2) is 0 Å². The van der Waals surface area contributed by atoms with Gasteiger partial charge in [-0.05, 0) is 24.6 Å². The van der Waals surface area contributed by atoms with Crippen LogP contribution in [0.15, 0.2) is 30.3 Å². The van der Waals surface area contributed by atoms with Crippen LogP contribution in [0.1, 0.15) is 12.6 Å². The number of H-pyrrole nitrogens is 1. The van der Waals surface area contributed by atoms with E-state index in [9.17, 15) is 0 Å². The van der Waals surface area contributed by atoms with E-state index in [1.165, 1.54) is 0 Å². The van der Waals surface area contributed by atoms with Crippen molar-refractivity contribution in [1.82, 2.24) is 9.78 Å². The molecule has 2 rings (SSSR count). The molecule has 0 aliphatic carbocycles. The molecular formula is C12H14N2OS. The first kappa shape index (κ1) is 11.0. The molecule has 0 unspecified atom stereocenters. The van der Waals surface area contributed by atoms with Crippen LogP contribution >= 0.6 is 12.2 Å². The first-order chi connectivity index (χ1) is 7.74. The van der Waals surface area contributed by atoms with Gasteiger partial charge in [0, 0.05) is 11.8 Å². The average Bonchev–Trinajstić information content (AvgIpc) is 2.71. The lowest BCUT2D eigenvalue weighted by molar-refractivity contribution is 0.414. The molecule has 0 atom stereocenters. The molecule has 1 aromatic heterocycles. The summed E-state index contributed by atoms with van der Waals surface area (Å²) in [5.41, 5.74) is 2.12. The average molecular weight is 234 g/mol. The van der Waals surface area contributed by atoms with Crippen molar-refractivity contribution < 1.29 is 4.74 Å². The topological polar surface area (TPSA) is 29.9 Å². The highest BCUT2D eigenvalue weighted by Gasteiger charge is 2.02. The fourth-order valence-electron chi connectivity index (χ4n) is 1.57. The Balaban J connectivity index is 2.49. The molecule has 4 heteroatoms. The van der Waals surface area contributed by atoms with Crippen LogP contribution in [0.4, 0.5) is 0 Å². The molecule has 0 bridgehead atoms. The van der Waals surface area contributed by atoms with Gasteiger partial charge < -0.3 is 4.74 Å². The fraction of sp³-hybridized carbons (Fsp3) is 0.250. The molecule has 1 heterocycles. The summed E-state index contributed by atoms with van der Waals surface area (Å²) in [6, 6.07) is 9.79. The summed E-state index contributed by atoms with van der Waals surface area (Å²) in [6.07, 6.45) is 0.945. The Morgan fingerprint density at radius 2 is 2.19 bits per heavy atom. The van der Waals surface area contributed by atoms with Crippen LogP contribution in [0.3, 0.4) is 0 Å². The normalized spacial score (nSPS) is 10.4. The molecule has 0 amide bonds. The lowest BCUT2D eigenvalue weighted by atomic mass is 10.3. The second-order valence-electron chi connectivity index (χ2n) is 3.51. The minimum absolute atomic E-state index is 0.783. The predicted molar refractivity (Wildman–Crippen MR) is 66.9 cm³/mol. The molecule has 2 aromatic rings. The van der Waals surface area contributed by atoms with E-state index < -0.39 is 0 Å². The van der Waals surface area contributed by atoms with Crippen molar-refractivity contribution in [2.75, 3.05) is 7.11 Å². The number of methoxy groups -OCH3 is 1. The first-order valence-electron chi connectivity index (χ1n) is 5.20. The maximum atomic E-state index is 5.29. The van der Waals surface area contributed by atoms with Crippen LogP contribution in [0.2, 0.25) is 0 Å². The Kier molecular flexibility index (Phi) is 3.10. The van der Waals surface area contributed by atoms with Gasteiger partial charge in [0.05, 0.1) is 12.8 Å². The van der Waals surface area contributed by atoms with E-state index in [1.54, 1.807) is 7.11 Å². The number of aromatic amines is 1. The number of aryl methyl sites for hydroxylation is 1. The maximum absolute atomic E-state index is 5.29. The monoisotopic (exact) mass is 234 g/mol. The number of aromatic nitrogens is 2. The molecular weight excluding hydrogens is 220 g/mol. The van der Waals surface area contributed by atoms with Crippen molar-refractivity contribution in [2.45, 2.75) is 13.3 Å². The zero-order valence-corrected chi connectivity index (χ0v) is 10.2. The molecule has 0 aliphatic heterocycles. The maximum Gasteiger partial charge on any atom is 0.127 e. The van der Waals surface area contributed by atoms with Gasteiger partial charge in [0.2, 0.25) is 0 Å². The highest BCUT2D eigenvalue weighted by Crippen LogP contribution is 2.16. The summed E-state index contributed by atoms with van der Waals surface area (Å²) >= 11 is 5.29. The SMILES string of the molecule is CCc1cc(=S)n(-c2cccc(OC)c2)[nH]1. The molecule has 3 nitrogen and oxygen atoms in total. The number of rotatable bonds is 3. The summed E-state index contributed by atoms with van der Waals surface area (Å²) in [5, 5.41) is 3.26. The fourth-order valence-corrected chi connectivity index (χ4v) is 1.86. The van der Waals surface area contributed by atoms with Crippen molar-refractivity contribution in [2.24, 2.45) is 0 Å². The zero-order valence-electron chi connectivity index (χ0n) is 9.36. The largest absolute Gasteiger partial charge is 0.497 e. The lowest BCUT2D eigenvalue weighted by Gasteiger charge is -2.05. The highest BCUT2D eigenvalue weighted by atomic mass is 32.1. The van der Waals surface area contributed by atoms with E-state index in [2.05, 4.69) is 12.0 Å². The van der Waals surface area contributed by atoms with Crippen molar-refractivity contribution in [1.29, 1.82) is 0 Å². The number of benzene rings is 1. The third-order valence-corrected chi connectivity index (χ3v) is 2.77. The molecule has 1 N–H and O–H groups in total. The number of hydrogen-bond donors (Lipinski definition) is 1. The van der Waals surface area contributed by atoms with E-state index in [0.717, 1.165) is 28.2 Å². The molecule has 0 saturated heterocycles. The van der Waals surface area contributed by atoms with Crippen LogP contribution in [0.25, 0.3) is 5.69 Å². The summed E-state index contributed by atoms with van der Waals surface area (Å²) in [6.45, 7) is 2.09. The zero-order chi connectivity index (χ0) is 11.5. The van der Waals surface area contributed by atoms with Gasteiger partial charge in [-0.25, -0.2) is 4.68 Å². The van der Waals surface area contributed by atoms with Gasteiger partial charge in [-0.1, -0.05) is 25.2 Å². The van der Waals surface area contributed by atoms with E-state index in [1.807, 2.05) is 35.0 Å². The molecule has 0 spiro atoms. The Labute approximate surface area is 99.7 Å². The molecule has 1 aromatic carbocycles. The van der Waals surface area contributed by atoms with Crippen LogP contribution in [0, 0.1) is 4.64 Å². The van der Waals surface area contributed by atoms with Gasteiger partial charge in [-0.15, -0.1) is 0 Å². The number of hydrogen-bond acceptors (Lipinski definition) is 2. The van der Waals surface area contributed by atoms with Crippen LogP contribution in [-0.4, -0.2) is 16.9 Å². The smallest absolute Gasteiger partial charge is 0.127 e. The minimum Gasteiger partial charge on any atom is -0.497 e. The first-order valence-corrected chi connectivity index (χ1v) is 5.60. The molecule has 16 heavy (non-hydrogen) atoms. The molecule has 0 fully saturated rings. The van der Waals surface area contributed by atoms with E-state index in [0.29, 0.717) is 0 Å². The summed E-state index contributed by atoms with van der Waals surface area (Å²) in [4.78, 5) is 0. The summed E-state index contributed by atoms with van der Waals surface area (Å²) in [5.74, 6) is 0.826. The Morgan fingerprint density at radius 1 is 1.38 bits per heavy atom. The summed E-state index contributed by atoms with van der Waals surface area (Å²) in [7, 11) is 1.66. The molecule has 0 saturated carbocycles.